The van der Waals surface area contributed by atoms with Crippen LogP contribution in [0.3, 0.4) is 0 Å². The van der Waals surface area contributed by atoms with E-state index in [9.17, 15) is 4.79 Å². The monoisotopic (exact) mass is 283 g/mol. The number of carbonyl (C=O) groups excluding carboxylic acids is 1. The predicted octanol–water partition coefficient (Wildman–Crippen LogP) is 1.94. The van der Waals surface area contributed by atoms with Crippen LogP contribution in [0.15, 0.2) is 0 Å². The molecule has 1 aliphatic rings. The van der Waals surface area contributed by atoms with E-state index in [4.69, 9.17) is 5.73 Å². The lowest BCUT2D eigenvalue weighted by Gasteiger charge is -2.35. The summed E-state index contributed by atoms with van der Waals surface area (Å²) < 4.78 is 0. The molecular formula is C16H33N3O. The Morgan fingerprint density at radius 3 is 2.30 bits per heavy atom. The highest BCUT2D eigenvalue weighted by Gasteiger charge is 2.24. The first-order valence-corrected chi connectivity index (χ1v) is 8.10. The molecule has 0 aromatic carbocycles. The van der Waals surface area contributed by atoms with E-state index in [1.54, 1.807) is 0 Å². The number of nitrogens with zero attached hydrogens (tertiary/aromatic N) is 2. The van der Waals surface area contributed by atoms with Gasteiger partial charge in [0.25, 0.3) is 0 Å². The molecule has 4 nitrogen and oxygen atoms in total. The Kier molecular flexibility index (Phi) is 7.52. The maximum absolute atomic E-state index is 12.3. The molecule has 1 amide bonds. The highest BCUT2D eigenvalue weighted by Crippen LogP contribution is 2.22. The summed E-state index contributed by atoms with van der Waals surface area (Å²) in [7, 11) is 4.25. The second-order valence-electron chi connectivity index (χ2n) is 6.70. The maximum Gasteiger partial charge on any atom is 0.222 e. The molecule has 0 bridgehead atoms. The Morgan fingerprint density at radius 2 is 1.85 bits per heavy atom. The van der Waals surface area contributed by atoms with Gasteiger partial charge in [-0.2, -0.15) is 0 Å². The molecule has 1 fully saturated rings. The number of nitrogens with two attached hydrogens (primary N) is 1. The summed E-state index contributed by atoms with van der Waals surface area (Å²) in [5.41, 5.74) is 5.66. The molecule has 118 valence electrons. The first kappa shape index (κ1) is 17.4. The van der Waals surface area contributed by atoms with Crippen molar-refractivity contribution in [2.24, 2.45) is 17.6 Å². The molecule has 0 aromatic rings. The molecule has 2 N–H and O–H groups in total. The minimum Gasteiger partial charge on any atom is -0.343 e. The van der Waals surface area contributed by atoms with E-state index in [2.05, 4.69) is 37.7 Å². The van der Waals surface area contributed by atoms with E-state index in [1.807, 2.05) is 0 Å². The van der Waals surface area contributed by atoms with Crippen molar-refractivity contribution in [3.63, 3.8) is 0 Å². The van der Waals surface area contributed by atoms with Crippen molar-refractivity contribution in [1.29, 1.82) is 0 Å². The van der Waals surface area contributed by atoms with E-state index in [1.165, 1.54) is 0 Å². The Morgan fingerprint density at radius 1 is 1.25 bits per heavy atom. The predicted molar refractivity (Wildman–Crippen MR) is 84.5 cm³/mol. The van der Waals surface area contributed by atoms with Crippen molar-refractivity contribution < 1.29 is 4.79 Å². The number of amides is 1. The normalized spacial score (nSPS) is 18.9. The van der Waals surface area contributed by atoms with Gasteiger partial charge in [-0.05, 0) is 58.2 Å². The number of hydrogen-bond acceptors (Lipinski definition) is 3. The van der Waals surface area contributed by atoms with Gasteiger partial charge in [0.05, 0.1) is 0 Å². The average Bonchev–Trinajstić information content (AvgIpc) is 2.42. The fourth-order valence-electron chi connectivity index (χ4n) is 3.12. The quantitative estimate of drug-likeness (QED) is 0.777. The van der Waals surface area contributed by atoms with Crippen LogP contribution < -0.4 is 5.73 Å². The van der Waals surface area contributed by atoms with Crippen LogP contribution in [0.2, 0.25) is 0 Å². The minimum atomic E-state index is 0.338. The van der Waals surface area contributed by atoms with Crippen molar-refractivity contribution in [3.05, 3.63) is 0 Å². The standard InChI is InChI=1S/C16H33N3O/c1-13(2)14(7-10-17)5-6-16(20)19-11-8-15(9-12-19)18(3)4/h13-15H,5-12,17H2,1-4H3. The first-order chi connectivity index (χ1) is 9.45. The molecule has 0 aromatic heterocycles. The summed E-state index contributed by atoms with van der Waals surface area (Å²) in [6, 6.07) is 0.639. The van der Waals surface area contributed by atoms with Gasteiger partial charge >= 0.3 is 0 Å². The van der Waals surface area contributed by atoms with E-state index >= 15 is 0 Å². The first-order valence-electron chi connectivity index (χ1n) is 8.10. The van der Waals surface area contributed by atoms with Crippen molar-refractivity contribution in [3.8, 4) is 0 Å². The Balaban J connectivity index is 2.33. The zero-order chi connectivity index (χ0) is 15.1. The lowest BCUT2D eigenvalue weighted by atomic mass is 9.88. The lowest BCUT2D eigenvalue weighted by Crippen LogP contribution is -2.44. The second-order valence-corrected chi connectivity index (χ2v) is 6.70. The Labute approximate surface area is 124 Å². The molecule has 1 heterocycles. The smallest absolute Gasteiger partial charge is 0.222 e. The summed E-state index contributed by atoms with van der Waals surface area (Å²) in [5.74, 6) is 1.54. The molecule has 4 heteroatoms. The van der Waals surface area contributed by atoms with E-state index in [0.717, 1.165) is 45.3 Å². The van der Waals surface area contributed by atoms with Crippen molar-refractivity contribution >= 4 is 5.91 Å². The fourth-order valence-corrected chi connectivity index (χ4v) is 3.12. The van der Waals surface area contributed by atoms with E-state index in [0.29, 0.717) is 30.2 Å². The molecule has 0 saturated carbocycles. The van der Waals surface area contributed by atoms with Crippen LogP contribution in [-0.4, -0.2) is 55.5 Å². The van der Waals surface area contributed by atoms with Crippen LogP contribution in [0.5, 0.6) is 0 Å². The van der Waals surface area contributed by atoms with Gasteiger partial charge in [0, 0.05) is 25.6 Å². The third-order valence-electron chi connectivity index (χ3n) is 4.76. The number of rotatable bonds is 7. The van der Waals surface area contributed by atoms with Gasteiger partial charge in [-0.3, -0.25) is 4.79 Å². The van der Waals surface area contributed by atoms with Gasteiger partial charge in [0.15, 0.2) is 0 Å². The van der Waals surface area contributed by atoms with Crippen LogP contribution >= 0.6 is 0 Å². The van der Waals surface area contributed by atoms with E-state index < -0.39 is 0 Å². The van der Waals surface area contributed by atoms with Gasteiger partial charge in [0.1, 0.15) is 0 Å². The van der Waals surface area contributed by atoms with E-state index in [-0.39, 0.29) is 0 Å². The lowest BCUT2D eigenvalue weighted by molar-refractivity contribution is -0.133. The molecule has 1 rings (SSSR count). The Bertz CT molecular complexity index is 283. The largest absolute Gasteiger partial charge is 0.343 e. The Hall–Kier alpha value is -0.610. The molecule has 20 heavy (non-hydrogen) atoms. The van der Waals surface area contributed by atoms with Crippen LogP contribution in [0.1, 0.15) is 46.0 Å². The van der Waals surface area contributed by atoms with Crippen LogP contribution in [0.25, 0.3) is 0 Å². The summed E-state index contributed by atoms with van der Waals surface area (Å²) >= 11 is 0. The van der Waals surface area contributed by atoms with Gasteiger partial charge in [0.2, 0.25) is 5.91 Å². The van der Waals surface area contributed by atoms with Crippen LogP contribution in [-0.2, 0) is 4.79 Å². The molecule has 1 saturated heterocycles. The van der Waals surface area contributed by atoms with Gasteiger partial charge < -0.3 is 15.5 Å². The maximum atomic E-state index is 12.3. The molecular weight excluding hydrogens is 250 g/mol. The van der Waals surface area contributed by atoms with Gasteiger partial charge in [-0.15, -0.1) is 0 Å². The van der Waals surface area contributed by atoms with Crippen LogP contribution in [0.4, 0.5) is 0 Å². The zero-order valence-corrected chi connectivity index (χ0v) is 13.8. The van der Waals surface area contributed by atoms with Gasteiger partial charge in [-0.1, -0.05) is 13.8 Å². The molecule has 1 atom stereocenters. The summed E-state index contributed by atoms with van der Waals surface area (Å²) in [4.78, 5) is 16.6. The van der Waals surface area contributed by atoms with Crippen molar-refractivity contribution in [2.45, 2.75) is 52.0 Å². The molecule has 0 spiro atoms. The molecule has 1 unspecified atom stereocenters. The third-order valence-corrected chi connectivity index (χ3v) is 4.76. The second kappa shape index (κ2) is 8.63. The van der Waals surface area contributed by atoms with Crippen LogP contribution in [0, 0.1) is 11.8 Å². The number of carbonyl (C=O) groups is 1. The average molecular weight is 283 g/mol. The zero-order valence-electron chi connectivity index (χ0n) is 13.8. The van der Waals surface area contributed by atoms with Crippen molar-refractivity contribution in [2.75, 3.05) is 33.7 Å². The topological polar surface area (TPSA) is 49.6 Å². The number of piperidine rings is 1. The number of likely N-dealkylation sites (tertiary alicyclic amines) is 1. The molecule has 0 aliphatic carbocycles. The SMILES string of the molecule is CC(C)C(CCN)CCC(=O)N1CCC(N(C)C)CC1. The minimum absolute atomic E-state index is 0.338. The molecule has 0 radical (unpaired) electrons. The summed E-state index contributed by atoms with van der Waals surface area (Å²) in [5, 5.41) is 0. The summed E-state index contributed by atoms with van der Waals surface area (Å²) in [6.07, 6.45) is 4.93. The molecule has 1 aliphatic heterocycles. The highest BCUT2D eigenvalue weighted by molar-refractivity contribution is 5.76. The highest BCUT2D eigenvalue weighted by atomic mass is 16.2. The van der Waals surface area contributed by atoms with Crippen molar-refractivity contribution in [1.82, 2.24) is 9.80 Å². The third kappa shape index (κ3) is 5.41. The van der Waals surface area contributed by atoms with Gasteiger partial charge in [-0.25, -0.2) is 0 Å². The summed E-state index contributed by atoms with van der Waals surface area (Å²) in [6.45, 7) is 7.03. The number of hydrogen-bond donors (Lipinski definition) is 1. The fraction of sp³-hybridized carbons (Fsp3) is 0.938.